The van der Waals surface area contributed by atoms with Gasteiger partial charge in [-0.25, -0.2) is 10.9 Å². The van der Waals surface area contributed by atoms with E-state index in [9.17, 15) is 4.79 Å². The molecule has 2 heterocycles. The van der Waals surface area contributed by atoms with Crippen LogP contribution in [0.5, 0.6) is 5.75 Å². The smallest absolute Gasteiger partial charge is 0.240 e. The summed E-state index contributed by atoms with van der Waals surface area (Å²) in [5.41, 5.74) is 9.69. The quantitative estimate of drug-likeness (QED) is 0.819. The molecule has 0 saturated carbocycles. The lowest BCUT2D eigenvalue weighted by molar-refractivity contribution is -0.132. The van der Waals surface area contributed by atoms with Gasteiger partial charge >= 0.3 is 0 Å². The highest BCUT2D eigenvalue weighted by atomic mass is 16.5. The fourth-order valence-corrected chi connectivity index (χ4v) is 3.39. The minimum atomic E-state index is -0.249. The van der Waals surface area contributed by atoms with Crippen molar-refractivity contribution in [2.75, 3.05) is 20.2 Å². The van der Waals surface area contributed by atoms with Crippen molar-refractivity contribution in [1.82, 2.24) is 25.5 Å². The highest BCUT2D eigenvalue weighted by molar-refractivity contribution is 5.82. The van der Waals surface area contributed by atoms with E-state index in [0.717, 1.165) is 17.1 Å². The summed E-state index contributed by atoms with van der Waals surface area (Å²) in [6.45, 7) is 5.07. The van der Waals surface area contributed by atoms with E-state index in [1.165, 1.54) is 5.56 Å². The van der Waals surface area contributed by atoms with E-state index in [4.69, 9.17) is 4.74 Å². The van der Waals surface area contributed by atoms with Crippen molar-refractivity contribution >= 4 is 5.91 Å². The van der Waals surface area contributed by atoms with E-state index in [0.29, 0.717) is 19.6 Å². The van der Waals surface area contributed by atoms with Crippen molar-refractivity contribution in [3.8, 4) is 5.75 Å². The predicted octanol–water partition coefficient (Wildman–Crippen LogP) is 1.48. The number of nitrogens with zero attached hydrogens (tertiary/aromatic N) is 3. The van der Waals surface area contributed by atoms with E-state index in [1.54, 1.807) is 4.90 Å². The maximum Gasteiger partial charge on any atom is 0.240 e. The van der Waals surface area contributed by atoms with Gasteiger partial charge in [-0.15, -0.1) is 0 Å². The Morgan fingerprint density at radius 2 is 2.04 bits per heavy atom. The molecule has 1 aliphatic rings. The van der Waals surface area contributed by atoms with Crippen LogP contribution in [-0.2, 0) is 11.8 Å². The monoisotopic (exact) mass is 357 g/mol. The highest BCUT2D eigenvalue weighted by Crippen LogP contribution is 2.27. The van der Waals surface area contributed by atoms with Crippen LogP contribution >= 0.6 is 0 Å². The van der Waals surface area contributed by atoms with Crippen molar-refractivity contribution in [2.24, 2.45) is 7.05 Å². The number of ether oxygens (including phenoxy) is 1. The van der Waals surface area contributed by atoms with Crippen LogP contribution in [0.2, 0.25) is 0 Å². The summed E-state index contributed by atoms with van der Waals surface area (Å²) in [6.07, 6.45) is 0.704. The molecule has 140 valence electrons. The van der Waals surface area contributed by atoms with Gasteiger partial charge in [-0.2, -0.15) is 5.10 Å². The van der Waals surface area contributed by atoms with Crippen LogP contribution in [0, 0.1) is 13.8 Å². The lowest BCUT2D eigenvalue weighted by atomic mass is 10.00. The van der Waals surface area contributed by atoms with Crippen molar-refractivity contribution < 1.29 is 9.53 Å². The second-order valence-corrected chi connectivity index (χ2v) is 6.76. The van der Waals surface area contributed by atoms with Gasteiger partial charge in [0, 0.05) is 25.4 Å². The Balaban J connectivity index is 1.52. The van der Waals surface area contributed by atoms with Gasteiger partial charge in [0.05, 0.1) is 18.3 Å². The largest absolute Gasteiger partial charge is 0.492 e. The topological polar surface area (TPSA) is 71.4 Å². The first-order chi connectivity index (χ1) is 12.5. The second kappa shape index (κ2) is 7.88. The van der Waals surface area contributed by atoms with Crippen molar-refractivity contribution in [1.29, 1.82) is 0 Å². The van der Waals surface area contributed by atoms with Crippen molar-refractivity contribution in [3.05, 3.63) is 47.3 Å². The molecule has 26 heavy (non-hydrogen) atoms. The minimum Gasteiger partial charge on any atom is -0.492 e. The Morgan fingerprint density at radius 3 is 2.69 bits per heavy atom. The van der Waals surface area contributed by atoms with Gasteiger partial charge in [0.15, 0.2) is 0 Å². The van der Waals surface area contributed by atoms with Gasteiger partial charge in [-0.05, 0) is 32.4 Å². The Bertz CT molecular complexity index is 759. The minimum absolute atomic E-state index is 0.0656. The number of para-hydroxylation sites is 1. The van der Waals surface area contributed by atoms with Crippen LogP contribution in [0.15, 0.2) is 30.3 Å². The molecule has 2 atom stereocenters. The van der Waals surface area contributed by atoms with Crippen molar-refractivity contribution in [2.45, 2.75) is 32.4 Å². The summed E-state index contributed by atoms with van der Waals surface area (Å²) in [5.74, 6) is 0.882. The Morgan fingerprint density at radius 1 is 1.31 bits per heavy atom. The van der Waals surface area contributed by atoms with E-state index in [1.807, 2.05) is 56.0 Å². The molecule has 2 unspecified atom stereocenters. The van der Waals surface area contributed by atoms with E-state index in [2.05, 4.69) is 22.9 Å². The van der Waals surface area contributed by atoms with Gasteiger partial charge in [0.1, 0.15) is 18.4 Å². The van der Waals surface area contributed by atoms with E-state index in [-0.39, 0.29) is 18.0 Å². The summed E-state index contributed by atoms with van der Waals surface area (Å²) in [6, 6.07) is 9.47. The van der Waals surface area contributed by atoms with Crippen molar-refractivity contribution in [3.63, 3.8) is 0 Å². The zero-order valence-corrected chi connectivity index (χ0v) is 15.8. The molecule has 2 N–H and O–H groups in total. The number of carbonyl (C=O) groups is 1. The molecule has 1 aliphatic heterocycles. The van der Waals surface area contributed by atoms with E-state index < -0.39 is 0 Å². The van der Waals surface area contributed by atoms with Gasteiger partial charge < -0.3 is 9.64 Å². The average Bonchev–Trinajstić information content (AvgIpc) is 3.20. The molecule has 3 rings (SSSR count). The molecule has 7 heteroatoms. The Kier molecular flexibility index (Phi) is 5.58. The molecule has 1 aromatic heterocycles. The molecule has 1 fully saturated rings. The number of aromatic nitrogens is 2. The molecule has 0 spiro atoms. The fourth-order valence-electron chi connectivity index (χ4n) is 3.39. The number of aryl methyl sites for hydroxylation is 2. The summed E-state index contributed by atoms with van der Waals surface area (Å²) in [5, 5.41) is 4.47. The number of hydrogen-bond donors (Lipinski definition) is 2. The third kappa shape index (κ3) is 3.89. The first-order valence-corrected chi connectivity index (χ1v) is 8.91. The number of carbonyl (C=O) groups excluding carboxylic acids is 1. The van der Waals surface area contributed by atoms with Crippen LogP contribution in [-0.4, -0.2) is 46.8 Å². The number of amides is 1. The molecule has 0 aliphatic carbocycles. The molecule has 1 saturated heterocycles. The van der Waals surface area contributed by atoms with Gasteiger partial charge in [-0.1, -0.05) is 18.2 Å². The van der Waals surface area contributed by atoms with Crippen LogP contribution < -0.4 is 15.6 Å². The second-order valence-electron chi connectivity index (χ2n) is 6.76. The summed E-state index contributed by atoms with van der Waals surface area (Å²) < 4.78 is 7.56. The normalized spacial score (nSPS) is 19.5. The average molecular weight is 357 g/mol. The molecule has 1 amide bonds. The molecule has 7 nitrogen and oxygen atoms in total. The number of benzene rings is 1. The van der Waals surface area contributed by atoms with Gasteiger partial charge in [0.25, 0.3) is 0 Å². The summed E-state index contributed by atoms with van der Waals surface area (Å²) in [4.78, 5) is 14.4. The van der Waals surface area contributed by atoms with Gasteiger partial charge in [-0.3, -0.25) is 9.48 Å². The molecule has 0 bridgehead atoms. The molecule has 2 aromatic rings. The molecule has 1 aromatic carbocycles. The number of likely N-dealkylation sites (N-methyl/N-ethyl adjacent to an activating group) is 1. The number of hydrazine groups is 1. The number of rotatable bonds is 6. The van der Waals surface area contributed by atoms with Crippen LogP contribution in [0.4, 0.5) is 0 Å². The van der Waals surface area contributed by atoms with Crippen LogP contribution in [0.25, 0.3) is 0 Å². The first-order valence-electron chi connectivity index (χ1n) is 8.91. The summed E-state index contributed by atoms with van der Waals surface area (Å²) in [7, 11) is 3.75. The first kappa shape index (κ1) is 18.4. The third-order valence-corrected chi connectivity index (χ3v) is 4.93. The SMILES string of the molecule is Cc1nn(C)c(C)c1C1CC(C(=O)N(C)CCOc2ccccc2)NN1. The Hall–Kier alpha value is -2.38. The maximum atomic E-state index is 12.7. The third-order valence-electron chi connectivity index (χ3n) is 4.93. The predicted molar refractivity (Wildman–Crippen MR) is 99.7 cm³/mol. The fraction of sp³-hybridized carbons (Fsp3) is 0.474. The summed E-state index contributed by atoms with van der Waals surface area (Å²) >= 11 is 0. The molecular weight excluding hydrogens is 330 g/mol. The van der Waals surface area contributed by atoms with Gasteiger partial charge in [0.2, 0.25) is 5.91 Å². The van der Waals surface area contributed by atoms with E-state index >= 15 is 0 Å². The zero-order valence-electron chi connectivity index (χ0n) is 15.8. The van der Waals surface area contributed by atoms with Crippen LogP contribution in [0.1, 0.15) is 29.4 Å². The van der Waals surface area contributed by atoms with Crippen LogP contribution in [0.3, 0.4) is 0 Å². The highest BCUT2D eigenvalue weighted by Gasteiger charge is 2.34. The maximum absolute atomic E-state index is 12.7. The molecule has 0 radical (unpaired) electrons. The number of hydrogen-bond acceptors (Lipinski definition) is 5. The molecular formula is C19H27N5O2. The Labute approximate surface area is 154 Å². The number of nitrogens with one attached hydrogen (secondary N) is 2. The lowest BCUT2D eigenvalue weighted by Gasteiger charge is -2.21. The lowest BCUT2D eigenvalue weighted by Crippen LogP contribution is -2.45. The zero-order chi connectivity index (χ0) is 18.7. The standard InChI is InChI=1S/C19H27N5O2/c1-13-18(14(2)24(4)22-13)16-12-17(21-20-16)19(25)23(3)10-11-26-15-8-6-5-7-9-15/h5-9,16-17,20-21H,10-12H2,1-4H3.